The second kappa shape index (κ2) is 12.2. The van der Waals surface area contributed by atoms with Gasteiger partial charge in [0, 0.05) is 43.8 Å². The summed E-state index contributed by atoms with van der Waals surface area (Å²) in [4.78, 5) is 19.8. The number of nitrogens with zero attached hydrogens (tertiary/aromatic N) is 4. The Morgan fingerprint density at radius 1 is 0.491 bits per heavy atom. The van der Waals surface area contributed by atoms with Crippen molar-refractivity contribution in [3.8, 4) is 45.3 Å². The molecule has 10 rings (SSSR count). The maximum atomic E-state index is 6.44. The number of aliphatic imine (C=N–C) groups is 1. The fraction of sp³-hybridized carbons (Fsp3) is 0.0213. The lowest BCUT2D eigenvalue weighted by molar-refractivity contribution is 0.668. The molecule has 3 heterocycles. The molecule has 6 nitrogen and oxygen atoms in total. The standard InChI is InChI=1S/C47H30N4O2/c1-3-13-29-26-42-37(27-38(29)48-2)43-33(20-11-24-40(43)53-42)31-18-9-19-32-30(31)17-10-21-34(32)46-49-45(28-14-5-4-6-15-28)50-47(51-46)36-22-12-25-41-44(36)35-16-7-8-23-39(35)52-41/h3-27H,2H2,1H3/b13-3-. The van der Waals surface area contributed by atoms with Crippen LogP contribution in [0.3, 0.4) is 0 Å². The second-order valence-corrected chi connectivity index (χ2v) is 13.0. The van der Waals surface area contributed by atoms with Gasteiger partial charge in [0.25, 0.3) is 0 Å². The van der Waals surface area contributed by atoms with Gasteiger partial charge in [0.2, 0.25) is 0 Å². The Bertz CT molecular complexity index is 3100. The molecular weight excluding hydrogens is 653 g/mol. The molecule has 0 N–H and O–H groups in total. The quantitative estimate of drug-likeness (QED) is 0.163. The van der Waals surface area contributed by atoms with E-state index in [2.05, 4.69) is 72.4 Å². The van der Waals surface area contributed by atoms with Crippen molar-refractivity contribution in [1.82, 2.24) is 15.0 Å². The van der Waals surface area contributed by atoms with Gasteiger partial charge in [-0.2, -0.15) is 0 Å². The fourth-order valence-corrected chi connectivity index (χ4v) is 7.58. The van der Waals surface area contributed by atoms with Crippen molar-refractivity contribution in [2.24, 2.45) is 4.99 Å². The molecule has 0 radical (unpaired) electrons. The van der Waals surface area contributed by atoms with Gasteiger partial charge in [0.1, 0.15) is 22.3 Å². The third-order valence-electron chi connectivity index (χ3n) is 9.92. The van der Waals surface area contributed by atoms with Crippen molar-refractivity contribution in [2.75, 3.05) is 0 Å². The molecule has 7 aromatic carbocycles. The molecule has 0 aliphatic carbocycles. The van der Waals surface area contributed by atoms with E-state index in [0.29, 0.717) is 17.5 Å². The van der Waals surface area contributed by atoms with E-state index in [9.17, 15) is 0 Å². The molecule has 0 aliphatic heterocycles. The van der Waals surface area contributed by atoms with E-state index in [0.717, 1.165) is 93.7 Å². The van der Waals surface area contributed by atoms with Gasteiger partial charge in [-0.15, -0.1) is 0 Å². The molecule has 0 atom stereocenters. The van der Waals surface area contributed by atoms with E-state index in [1.807, 2.05) is 97.9 Å². The maximum absolute atomic E-state index is 6.44. The molecule has 53 heavy (non-hydrogen) atoms. The van der Waals surface area contributed by atoms with Gasteiger partial charge >= 0.3 is 0 Å². The van der Waals surface area contributed by atoms with Crippen LogP contribution in [0.5, 0.6) is 0 Å². The molecule has 0 aliphatic rings. The summed E-state index contributed by atoms with van der Waals surface area (Å²) in [6.45, 7) is 5.84. The second-order valence-electron chi connectivity index (χ2n) is 13.0. The molecule has 0 unspecified atom stereocenters. The van der Waals surface area contributed by atoms with Crippen LogP contribution >= 0.6 is 0 Å². The van der Waals surface area contributed by atoms with Crippen LogP contribution in [0.15, 0.2) is 159 Å². The normalized spacial score (nSPS) is 11.9. The number of furan rings is 2. The highest BCUT2D eigenvalue weighted by molar-refractivity contribution is 6.17. The molecule has 0 saturated carbocycles. The average molecular weight is 683 g/mol. The minimum absolute atomic E-state index is 0.581. The van der Waals surface area contributed by atoms with Crippen LogP contribution in [0, 0.1) is 0 Å². The highest BCUT2D eigenvalue weighted by Crippen LogP contribution is 2.43. The predicted molar refractivity (Wildman–Crippen MR) is 218 cm³/mol. The first-order valence-electron chi connectivity index (χ1n) is 17.5. The van der Waals surface area contributed by atoms with Crippen molar-refractivity contribution in [1.29, 1.82) is 0 Å². The van der Waals surface area contributed by atoms with Crippen LogP contribution in [0.2, 0.25) is 0 Å². The summed E-state index contributed by atoms with van der Waals surface area (Å²) >= 11 is 0. The average Bonchev–Trinajstić information content (AvgIpc) is 3.78. The largest absolute Gasteiger partial charge is 0.456 e. The molecule has 3 aromatic heterocycles. The van der Waals surface area contributed by atoms with E-state index in [-0.39, 0.29) is 0 Å². The third-order valence-corrected chi connectivity index (χ3v) is 9.92. The Morgan fingerprint density at radius 2 is 1.06 bits per heavy atom. The number of para-hydroxylation sites is 1. The summed E-state index contributed by atoms with van der Waals surface area (Å²) in [5, 5.41) is 6.13. The van der Waals surface area contributed by atoms with Crippen molar-refractivity contribution in [3.05, 3.63) is 151 Å². The van der Waals surface area contributed by atoms with E-state index in [1.165, 1.54) is 0 Å². The zero-order chi connectivity index (χ0) is 35.5. The number of fused-ring (bicyclic) bond motifs is 7. The molecule has 0 spiro atoms. The first-order chi connectivity index (χ1) is 26.2. The van der Waals surface area contributed by atoms with Crippen molar-refractivity contribution in [2.45, 2.75) is 6.92 Å². The number of benzene rings is 7. The summed E-state index contributed by atoms with van der Waals surface area (Å²) in [5.74, 6) is 1.77. The number of aromatic nitrogens is 3. The van der Waals surface area contributed by atoms with Crippen LogP contribution in [-0.4, -0.2) is 21.7 Å². The molecular formula is C47H30N4O2. The van der Waals surface area contributed by atoms with Gasteiger partial charge in [-0.3, -0.25) is 4.99 Å². The van der Waals surface area contributed by atoms with E-state index in [1.54, 1.807) is 0 Å². The van der Waals surface area contributed by atoms with Crippen molar-refractivity contribution in [3.63, 3.8) is 0 Å². The van der Waals surface area contributed by atoms with Gasteiger partial charge in [0.05, 0.1) is 5.69 Å². The number of hydrogen-bond donors (Lipinski definition) is 0. The van der Waals surface area contributed by atoms with E-state index < -0.39 is 0 Å². The minimum Gasteiger partial charge on any atom is -0.456 e. The number of hydrogen-bond acceptors (Lipinski definition) is 6. The zero-order valence-electron chi connectivity index (χ0n) is 28.7. The SMILES string of the molecule is C=Nc1cc2c(cc1/C=C\C)oc1cccc(-c3cccc4c(-c5nc(-c6ccccc6)nc(-c6cccc7oc8ccccc8c67)n5)cccc34)c12. The molecule has 0 fully saturated rings. The van der Waals surface area contributed by atoms with E-state index >= 15 is 0 Å². The van der Waals surface area contributed by atoms with Crippen molar-refractivity contribution < 1.29 is 8.83 Å². The third kappa shape index (κ3) is 4.95. The van der Waals surface area contributed by atoms with Gasteiger partial charge < -0.3 is 8.83 Å². The van der Waals surface area contributed by atoms with Crippen molar-refractivity contribution >= 4 is 73.1 Å². The summed E-state index contributed by atoms with van der Waals surface area (Å²) in [7, 11) is 0. The topological polar surface area (TPSA) is 77.3 Å². The smallest absolute Gasteiger partial charge is 0.164 e. The summed E-state index contributed by atoms with van der Waals surface area (Å²) in [5.41, 5.74) is 9.86. The summed E-state index contributed by atoms with van der Waals surface area (Å²) < 4.78 is 12.7. The van der Waals surface area contributed by atoms with Gasteiger partial charge in [-0.05, 0) is 65.9 Å². The predicted octanol–water partition coefficient (Wildman–Crippen LogP) is 12.9. The van der Waals surface area contributed by atoms with Crippen LogP contribution in [0.1, 0.15) is 12.5 Å². The van der Waals surface area contributed by atoms with Crippen LogP contribution in [0.25, 0.3) is 106 Å². The molecule has 0 bridgehead atoms. The molecule has 10 aromatic rings. The Hall–Kier alpha value is -7.18. The number of allylic oxidation sites excluding steroid dienone is 1. The Kier molecular flexibility index (Phi) is 7.08. The van der Waals surface area contributed by atoms with E-state index in [4.69, 9.17) is 23.8 Å². The lowest BCUT2D eigenvalue weighted by Crippen LogP contribution is -2.01. The molecule has 0 saturated heterocycles. The lowest BCUT2D eigenvalue weighted by atomic mass is 9.92. The fourth-order valence-electron chi connectivity index (χ4n) is 7.58. The minimum atomic E-state index is 0.581. The monoisotopic (exact) mass is 682 g/mol. The molecule has 0 amide bonds. The zero-order valence-corrected chi connectivity index (χ0v) is 28.7. The highest BCUT2D eigenvalue weighted by Gasteiger charge is 2.20. The van der Waals surface area contributed by atoms with Crippen LogP contribution < -0.4 is 0 Å². The Labute approximate surface area is 304 Å². The van der Waals surface area contributed by atoms with Gasteiger partial charge in [0.15, 0.2) is 17.5 Å². The van der Waals surface area contributed by atoms with Crippen LogP contribution in [-0.2, 0) is 0 Å². The van der Waals surface area contributed by atoms with Crippen LogP contribution in [0.4, 0.5) is 5.69 Å². The summed E-state index contributed by atoms with van der Waals surface area (Å²) in [6.07, 6.45) is 4.02. The molecule has 6 heteroatoms. The van der Waals surface area contributed by atoms with Gasteiger partial charge in [-0.1, -0.05) is 121 Å². The maximum Gasteiger partial charge on any atom is 0.164 e. The lowest BCUT2D eigenvalue weighted by Gasteiger charge is -2.13. The highest BCUT2D eigenvalue weighted by atomic mass is 16.3. The molecule has 250 valence electrons. The number of rotatable bonds is 6. The first kappa shape index (κ1) is 30.6. The first-order valence-corrected chi connectivity index (χ1v) is 17.5. The Balaban J connectivity index is 1.21. The van der Waals surface area contributed by atoms with Gasteiger partial charge in [-0.25, -0.2) is 15.0 Å². The Morgan fingerprint density at radius 3 is 1.83 bits per heavy atom. The summed E-state index contributed by atoms with van der Waals surface area (Å²) in [6, 6.07) is 47.3.